The molecule has 5 nitrogen and oxygen atoms in total. The molecule has 0 bridgehead atoms. The van der Waals surface area contributed by atoms with Crippen molar-refractivity contribution in [1.29, 1.82) is 5.26 Å². The van der Waals surface area contributed by atoms with Crippen LogP contribution < -0.4 is 10.7 Å². The van der Waals surface area contributed by atoms with Crippen molar-refractivity contribution in [2.75, 3.05) is 6.54 Å². The maximum absolute atomic E-state index is 12.8. The summed E-state index contributed by atoms with van der Waals surface area (Å²) in [6.07, 6.45) is -0.247. The number of hydrogen-bond donors (Lipinski definition) is 2. The van der Waals surface area contributed by atoms with Crippen molar-refractivity contribution in [2.45, 2.75) is 26.1 Å². The van der Waals surface area contributed by atoms with Gasteiger partial charge in [-0.1, -0.05) is 44.2 Å². The second kappa shape index (κ2) is 6.66. The fraction of sp³-hybridized carbons (Fsp3) is 0.500. The number of nitriles is 1. The van der Waals surface area contributed by atoms with Gasteiger partial charge in [-0.05, 0) is 11.5 Å². The van der Waals surface area contributed by atoms with E-state index >= 15 is 0 Å². The Morgan fingerprint density at radius 3 is 2.59 bits per heavy atom. The number of carbonyl (C=O) groups excluding carboxylic acids is 1. The number of nitrogens with zero attached hydrogens (tertiary/aromatic N) is 2. The van der Waals surface area contributed by atoms with Crippen LogP contribution in [0.25, 0.3) is 0 Å². The zero-order valence-corrected chi connectivity index (χ0v) is 13.5. The molecular formula is C16H21ClN4O. The second-order valence-electron chi connectivity index (χ2n) is 6.08. The number of fused-ring (bicyclic) bond motifs is 1. The van der Waals surface area contributed by atoms with Gasteiger partial charge in [0.25, 0.3) is 0 Å². The first-order valence-electron chi connectivity index (χ1n) is 7.40. The van der Waals surface area contributed by atoms with E-state index in [1.165, 1.54) is 0 Å². The number of nitrogens with one attached hydrogen (secondary N) is 2. The molecule has 2 fully saturated rings. The minimum absolute atomic E-state index is 0. The van der Waals surface area contributed by atoms with Crippen molar-refractivity contribution in [1.82, 2.24) is 15.8 Å². The van der Waals surface area contributed by atoms with E-state index in [9.17, 15) is 10.1 Å². The lowest BCUT2D eigenvalue weighted by molar-refractivity contribution is -0.148. The molecule has 4 unspecified atom stereocenters. The largest absolute Gasteiger partial charge is 0.287 e. The monoisotopic (exact) mass is 320 g/mol. The summed E-state index contributed by atoms with van der Waals surface area (Å²) >= 11 is 0. The molecule has 1 aromatic rings. The predicted octanol–water partition coefficient (Wildman–Crippen LogP) is 1.84. The molecule has 2 saturated heterocycles. The molecule has 22 heavy (non-hydrogen) atoms. The number of amides is 1. The zero-order valence-electron chi connectivity index (χ0n) is 12.7. The lowest BCUT2D eigenvalue weighted by Gasteiger charge is -2.43. The van der Waals surface area contributed by atoms with E-state index < -0.39 is 0 Å². The predicted molar refractivity (Wildman–Crippen MR) is 85.6 cm³/mol. The molecule has 3 rings (SSSR count). The molecule has 0 aromatic heterocycles. The van der Waals surface area contributed by atoms with E-state index in [0.717, 1.165) is 5.56 Å². The van der Waals surface area contributed by atoms with Crippen LogP contribution in [0.5, 0.6) is 0 Å². The van der Waals surface area contributed by atoms with Crippen LogP contribution in [0.1, 0.15) is 25.5 Å². The van der Waals surface area contributed by atoms with Crippen molar-refractivity contribution in [3.05, 3.63) is 35.9 Å². The first-order chi connectivity index (χ1) is 10.1. The van der Waals surface area contributed by atoms with Gasteiger partial charge in [-0.15, -0.1) is 12.4 Å². The summed E-state index contributed by atoms with van der Waals surface area (Å²) in [4.78, 5) is 12.8. The van der Waals surface area contributed by atoms with E-state index in [4.69, 9.17) is 0 Å². The molecule has 0 radical (unpaired) electrons. The molecule has 118 valence electrons. The molecule has 2 aliphatic rings. The first kappa shape index (κ1) is 16.8. The Bertz CT molecular complexity index is 571. The molecule has 0 saturated carbocycles. The van der Waals surface area contributed by atoms with E-state index in [-0.39, 0.29) is 48.3 Å². The second-order valence-corrected chi connectivity index (χ2v) is 6.08. The Morgan fingerprint density at radius 2 is 2.00 bits per heavy atom. The van der Waals surface area contributed by atoms with Crippen molar-refractivity contribution in [3.63, 3.8) is 0 Å². The SMILES string of the molecule is CC(C)C1C(=O)N2NCC(C#N)C2NC1c1ccccc1.Cl. The molecule has 0 aliphatic carbocycles. The van der Waals surface area contributed by atoms with Crippen LogP contribution in [0, 0.1) is 29.1 Å². The molecule has 2 aliphatic heterocycles. The van der Waals surface area contributed by atoms with Gasteiger partial charge in [0.2, 0.25) is 5.91 Å². The van der Waals surface area contributed by atoms with Gasteiger partial charge in [0.05, 0.1) is 17.9 Å². The Hall–Kier alpha value is -1.61. The van der Waals surface area contributed by atoms with Crippen molar-refractivity contribution < 1.29 is 4.79 Å². The summed E-state index contributed by atoms with van der Waals surface area (Å²) in [5.41, 5.74) is 4.17. The summed E-state index contributed by atoms with van der Waals surface area (Å²) in [5.74, 6) is -0.0405. The highest BCUT2D eigenvalue weighted by molar-refractivity contribution is 5.85. The third-order valence-electron chi connectivity index (χ3n) is 4.42. The van der Waals surface area contributed by atoms with Gasteiger partial charge in [0, 0.05) is 12.6 Å². The lowest BCUT2D eigenvalue weighted by atomic mass is 9.81. The molecule has 1 aromatic carbocycles. The molecule has 1 amide bonds. The average molecular weight is 321 g/mol. The lowest BCUT2D eigenvalue weighted by Crippen LogP contribution is -2.61. The van der Waals surface area contributed by atoms with Gasteiger partial charge in [-0.2, -0.15) is 5.26 Å². The number of carbonyl (C=O) groups is 1. The first-order valence-corrected chi connectivity index (χ1v) is 7.40. The van der Waals surface area contributed by atoms with Crippen LogP contribution in [-0.4, -0.2) is 23.6 Å². The number of hydrogen-bond acceptors (Lipinski definition) is 4. The minimum Gasteiger partial charge on any atom is -0.287 e. The van der Waals surface area contributed by atoms with Crippen LogP contribution >= 0.6 is 12.4 Å². The number of rotatable bonds is 2. The molecule has 2 heterocycles. The van der Waals surface area contributed by atoms with Crippen LogP contribution in [-0.2, 0) is 4.79 Å². The van der Waals surface area contributed by atoms with Crippen molar-refractivity contribution >= 4 is 18.3 Å². The van der Waals surface area contributed by atoms with Gasteiger partial charge < -0.3 is 0 Å². The Balaban J connectivity index is 0.00000176. The van der Waals surface area contributed by atoms with Crippen molar-refractivity contribution in [3.8, 4) is 6.07 Å². The fourth-order valence-electron chi connectivity index (χ4n) is 3.33. The van der Waals surface area contributed by atoms with Gasteiger partial charge in [-0.25, -0.2) is 5.43 Å². The highest BCUT2D eigenvalue weighted by Crippen LogP contribution is 2.36. The van der Waals surface area contributed by atoms with Gasteiger partial charge >= 0.3 is 0 Å². The van der Waals surface area contributed by atoms with E-state index in [1.807, 2.05) is 30.3 Å². The quantitative estimate of drug-likeness (QED) is 0.872. The number of halogens is 1. The molecule has 4 atom stereocenters. The molecule has 0 spiro atoms. The highest BCUT2D eigenvalue weighted by atomic mass is 35.5. The Kier molecular flexibility index (Phi) is 5.07. The van der Waals surface area contributed by atoms with E-state index in [2.05, 4.69) is 30.7 Å². The summed E-state index contributed by atoms with van der Waals surface area (Å²) in [6.45, 7) is 4.66. The van der Waals surface area contributed by atoms with Crippen LogP contribution in [0.2, 0.25) is 0 Å². The number of hydrazine groups is 1. The fourth-order valence-corrected chi connectivity index (χ4v) is 3.33. The highest BCUT2D eigenvalue weighted by Gasteiger charge is 2.49. The Labute approximate surface area is 137 Å². The molecular weight excluding hydrogens is 300 g/mol. The van der Waals surface area contributed by atoms with Crippen LogP contribution in [0.3, 0.4) is 0 Å². The smallest absolute Gasteiger partial charge is 0.243 e. The van der Waals surface area contributed by atoms with Crippen molar-refractivity contribution in [2.24, 2.45) is 17.8 Å². The summed E-state index contributed by atoms with van der Waals surface area (Å²) < 4.78 is 0. The zero-order chi connectivity index (χ0) is 15.0. The minimum atomic E-state index is -0.247. The summed E-state index contributed by atoms with van der Waals surface area (Å²) in [5, 5.41) is 14.4. The molecule has 6 heteroatoms. The third-order valence-corrected chi connectivity index (χ3v) is 4.42. The molecule has 2 N–H and O–H groups in total. The number of benzene rings is 1. The topological polar surface area (TPSA) is 68.2 Å². The average Bonchev–Trinajstić information content (AvgIpc) is 2.91. The van der Waals surface area contributed by atoms with Gasteiger partial charge in [0.15, 0.2) is 0 Å². The van der Waals surface area contributed by atoms with Gasteiger partial charge in [-0.3, -0.25) is 15.1 Å². The maximum Gasteiger partial charge on any atom is 0.243 e. The standard InChI is InChI=1S/C16H20N4O.ClH/c1-10(2)13-14(11-6-4-3-5-7-11)19-15-12(8-17)9-18-20(15)16(13)21;/h3-7,10,12-15,18-19H,9H2,1-2H3;1H. The van der Waals surface area contributed by atoms with E-state index in [1.54, 1.807) is 5.01 Å². The maximum atomic E-state index is 12.8. The van der Waals surface area contributed by atoms with Gasteiger partial charge in [0.1, 0.15) is 6.17 Å². The van der Waals surface area contributed by atoms with Crippen LogP contribution in [0.15, 0.2) is 30.3 Å². The summed E-state index contributed by atoms with van der Waals surface area (Å²) in [7, 11) is 0. The summed E-state index contributed by atoms with van der Waals surface area (Å²) in [6, 6.07) is 12.3. The Morgan fingerprint density at radius 1 is 1.32 bits per heavy atom. The normalized spacial score (nSPS) is 30.6. The third kappa shape index (κ3) is 2.70. The van der Waals surface area contributed by atoms with Crippen LogP contribution in [0.4, 0.5) is 0 Å². The van der Waals surface area contributed by atoms with E-state index in [0.29, 0.717) is 6.54 Å².